The number of carbonyl (C=O) groups excluding carboxylic acids is 1. The molecule has 7 nitrogen and oxygen atoms in total. The van der Waals surface area contributed by atoms with Crippen molar-refractivity contribution in [2.75, 3.05) is 54.4 Å². The number of piperazine rings is 1. The number of piperidine rings is 1. The molecule has 0 saturated carbocycles. The first-order valence-electron chi connectivity index (χ1n) is 10.2. The maximum atomic E-state index is 13.0. The maximum Gasteiger partial charge on any atom is 0.321 e. The number of anilines is 3. The highest BCUT2D eigenvalue weighted by Gasteiger charge is 2.23. The van der Waals surface area contributed by atoms with Crippen molar-refractivity contribution in [1.29, 1.82) is 0 Å². The zero-order valence-corrected chi connectivity index (χ0v) is 16.7. The third-order valence-electron chi connectivity index (χ3n) is 5.73. The second kappa shape index (κ2) is 8.63. The molecule has 2 aliphatic heterocycles. The Hall–Kier alpha value is -2.90. The number of hydrogen-bond donors (Lipinski definition) is 1. The zero-order chi connectivity index (χ0) is 20.2. The van der Waals surface area contributed by atoms with E-state index in [4.69, 9.17) is 0 Å². The SMILES string of the molecule is CC1CCN(c2ccc(N3CCN(C(=O)Nc4ccc(F)cc4)CC3)nn2)CC1. The summed E-state index contributed by atoms with van der Waals surface area (Å²) in [6, 6.07) is 9.69. The zero-order valence-electron chi connectivity index (χ0n) is 16.7. The number of halogens is 1. The molecule has 0 aliphatic carbocycles. The van der Waals surface area contributed by atoms with Gasteiger partial charge in [-0.1, -0.05) is 6.92 Å². The van der Waals surface area contributed by atoms with Crippen LogP contribution in [-0.4, -0.2) is 60.4 Å². The number of aromatic nitrogens is 2. The molecule has 0 bridgehead atoms. The Morgan fingerprint density at radius 2 is 1.45 bits per heavy atom. The van der Waals surface area contributed by atoms with E-state index >= 15 is 0 Å². The first-order chi connectivity index (χ1) is 14.1. The number of urea groups is 1. The monoisotopic (exact) mass is 398 g/mol. The van der Waals surface area contributed by atoms with E-state index in [0.29, 0.717) is 31.9 Å². The standard InChI is InChI=1S/C21H27FN6O/c1-16-8-10-26(11-9-16)19-6-7-20(25-24-19)27-12-14-28(15-13-27)21(29)23-18-4-2-17(22)3-5-18/h2-7,16H,8-15H2,1H3,(H,23,29). The average molecular weight is 398 g/mol. The average Bonchev–Trinajstić information content (AvgIpc) is 2.76. The Bertz CT molecular complexity index is 812. The van der Waals surface area contributed by atoms with Crippen molar-refractivity contribution in [3.8, 4) is 0 Å². The van der Waals surface area contributed by atoms with Gasteiger partial charge in [-0.3, -0.25) is 0 Å². The van der Waals surface area contributed by atoms with Crippen molar-refractivity contribution in [3.63, 3.8) is 0 Å². The molecule has 29 heavy (non-hydrogen) atoms. The first kappa shape index (κ1) is 19.4. The molecular weight excluding hydrogens is 371 g/mol. The Morgan fingerprint density at radius 3 is 2.00 bits per heavy atom. The molecule has 3 heterocycles. The van der Waals surface area contributed by atoms with Crippen LogP contribution >= 0.6 is 0 Å². The van der Waals surface area contributed by atoms with Gasteiger partial charge in [0.25, 0.3) is 0 Å². The fraction of sp³-hybridized carbons (Fsp3) is 0.476. The van der Waals surface area contributed by atoms with Gasteiger partial charge in [0, 0.05) is 45.0 Å². The van der Waals surface area contributed by atoms with Gasteiger partial charge in [-0.15, -0.1) is 10.2 Å². The molecule has 2 aliphatic rings. The van der Waals surface area contributed by atoms with Gasteiger partial charge in [-0.2, -0.15) is 0 Å². The van der Waals surface area contributed by atoms with Gasteiger partial charge in [0.1, 0.15) is 5.82 Å². The molecule has 4 rings (SSSR count). The summed E-state index contributed by atoms with van der Waals surface area (Å²) >= 11 is 0. The summed E-state index contributed by atoms with van der Waals surface area (Å²) in [6.45, 7) is 6.97. The van der Waals surface area contributed by atoms with E-state index in [0.717, 1.165) is 30.6 Å². The van der Waals surface area contributed by atoms with Crippen molar-refractivity contribution in [1.82, 2.24) is 15.1 Å². The molecule has 1 N–H and O–H groups in total. The molecule has 2 amide bonds. The third-order valence-corrected chi connectivity index (χ3v) is 5.73. The van der Waals surface area contributed by atoms with Crippen molar-refractivity contribution >= 4 is 23.4 Å². The van der Waals surface area contributed by atoms with E-state index < -0.39 is 0 Å². The van der Waals surface area contributed by atoms with E-state index in [-0.39, 0.29) is 11.8 Å². The minimum absolute atomic E-state index is 0.169. The number of benzene rings is 1. The van der Waals surface area contributed by atoms with Crippen LogP contribution in [0.5, 0.6) is 0 Å². The Morgan fingerprint density at radius 1 is 0.897 bits per heavy atom. The minimum atomic E-state index is -0.321. The van der Waals surface area contributed by atoms with Gasteiger partial charge in [-0.05, 0) is 55.2 Å². The predicted octanol–water partition coefficient (Wildman–Crippen LogP) is 3.21. The van der Waals surface area contributed by atoms with Crippen LogP contribution in [0.25, 0.3) is 0 Å². The van der Waals surface area contributed by atoms with E-state index in [1.165, 1.54) is 25.0 Å². The van der Waals surface area contributed by atoms with Crippen molar-refractivity contribution in [2.24, 2.45) is 5.92 Å². The smallest absolute Gasteiger partial charge is 0.321 e. The highest BCUT2D eigenvalue weighted by Crippen LogP contribution is 2.22. The number of rotatable bonds is 3. The quantitative estimate of drug-likeness (QED) is 0.860. The Labute approximate surface area is 170 Å². The van der Waals surface area contributed by atoms with Gasteiger partial charge in [0.2, 0.25) is 0 Å². The van der Waals surface area contributed by atoms with E-state index in [1.807, 2.05) is 12.1 Å². The molecular formula is C21H27FN6O. The number of nitrogens with one attached hydrogen (secondary N) is 1. The summed E-state index contributed by atoms with van der Waals surface area (Å²) in [4.78, 5) is 18.6. The van der Waals surface area contributed by atoms with Crippen molar-refractivity contribution < 1.29 is 9.18 Å². The first-order valence-corrected chi connectivity index (χ1v) is 10.2. The van der Waals surface area contributed by atoms with Crippen LogP contribution < -0.4 is 15.1 Å². The van der Waals surface area contributed by atoms with Gasteiger partial charge < -0.3 is 20.0 Å². The van der Waals surface area contributed by atoms with Gasteiger partial charge in [0.05, 0.1) is 0 Å². The number of nitrogens with zero attached hydrogens (tertiary/aromatic N) is 5. The van der Waals surface area contributed by atoms with Crippen LogP contribution in [-0.2, 0) is 0 Å². The summed E-state index contributed by atoms with van der Waals surface area (Å²) in [7, 11) is 0. The van der Waals surface area contributed by atoms with Crippen LogP contribution in [0.4, 0.5) is 26.5 Å². The second-order valence-corrected chi connectivity index (χ2v) is 7.83. The van der Waals surface area contributed by atoms with Gasteiger partial charge in [0.15, 0.2) is 11.6 Å². The fourth-order valence-corrected chi connectivity index (χ4v) is 3.77. The van der Waals surface area contributed by atoms with Crippen molar-refractivity contribution in [2.45, 2.75) is 19.8 Å². The molecule has 2 fully saturated rings. The van der Waals surface area contributed by atoms with Crippen LogP contribution in [0.15, 0.2) is 36.4 Å². The van der Waals surface area contributed by atoms with Gasteiger partial charge >= 0.3 is 6.03 Å². The highest BCUT2D eigenvalue weighted by atomic mass is 19.1. The summed E-state index contributed by atoms with van der Waals surface area (Å²) in [6.07, 6.45) is 2.40. The topological polar surface area (TPSA) is 64.6 Å². The van der Waals surface area contributed by atoms with E-state index in [9.17, 15) is 9.18 Å². The second-order valence-electron chi connectivity index (χ2n) is 7.83. The number of hydrogen-bond acceptors (Lipinski definition) is 5. The lowest BCUT2D eigenvalue weighted by Gasteiger charge is -2.35. The fourth-order valence-electron chi connectivity index (χ4n) is 3.77. The Balaban J connectivity index is 1.29. The van der Waals surface area contributed by atoms with Crippen LogP contribution in [0.3, 0.4) is 0 Å². The van der Waals surface area contributed by atoms with Crippen LogP contribution in [0, 0.1) is 11.7 Å². The summed E-state index contributed by atoms with van der Waals surface area (Å²) in [5, 5.41) is 11.7. The number of carbonyl (C=O) groups is 1. The molecule has 8 heteroatoms. The Kier molecular flexibility index (Phi) is 5.78. The lowest BCUT2D eigenvalue weighted by Crippen LogP contribution is -2.50. The normalized spacial score (nSPS) is 18.1. The van der Waals surface area contributed by atoms with E-state index in [1.54, 1.807) is 17.0 Å². The molecule has 0 radical (unpaired) electrons. The molecule has 1 aromatic carbocycles. The summed E-state index contributed by atoms with van der Waals surface area (Å²) in [5.74, 6) is 2.25. The lowest BCUT2D eigenvalue weighted by molar-refractivity contribution is 0.208. The lowest BCUT2D eigenvalue weighted by atomic mass is 9.99. The largest absolute Gasteiger partial charge is 0.355 e. The van der Waals surface area contributed by atoms with Crippen molar-refractivity contribution in [3.05, 3.63) is 42.2 Å². The minimum Gasteiger partial charge on any atom is -0.355 e. The van der Waals surface area contributed by atoms with Gasteiger partial charge in [-0.25, -0.2) is 9.18 Å². The summed E-state index contributed by atoms with van der Waals surface area (Å²) < 4.78 is 13.0. The maximum absolute atomic E-state index is 13.0. The molecule has 2 aromatic rings. The third kappa shape index (κ3) is 4.75. The molecule has 2 saturated heterocycles. The van der Waals surface area contributed by atoms with Crippen LogP contribution in [0.2, 0.25) is 0 Å². The predicted molar refractivity (Wildman–Crippen MR) is 112 cm³/mol. The molecule has 154 valence electrons. The summed E-state index contributed by atoms with van der Waals surface area (Å²) in [5.41, 5.74) is 0.590. The molecule has 0 atom stereocenters. The highest BCUT2D eigenvalue weighted by molar-refractivity contribution is 5.89. The number of amides is 2. The molecule has 0 spiro atoms. The van der Waals surface area contributed by atoms with E-state index in [2.05, 4.69) is 32.2 Å². The van der Waals surface area contributed by atoms with Crippen LogP contribution in [0.1, 0.15) is 19.8 Å². The molecule has 0 unspecified atom stereocenters. The molecule has 1 aromatic heterocycles.